The molecule has 1 saturated carbocycles. The van der Waals surface area contributed by atoms with Gasteiger partial charge in [-0.3, -0.25) is 0 Å². The second-order valence-corrected chi connectivity index (χ2v) is 15.5. The second-order valence-electron chi connectivity index (χ2n) is 11.2. The van der Waals surface area contributed by atoms with E-state index in [-0.39, 0.29) is 35.2 Å². The van der Waals surface area contributed by atoms with Crippen LogP contribution in [0.15, 0.2) is 60.7 Å². The molecule has 0 aromatic heterocycles. The highest BCUT2D eigenvalue weighted by molar-refractivity contribution is 6.99. The molecule has 2 saturated heterocycles. The van der Waals surface area contributed by atoms with Crippen molar-refractivity contribution in [3.63, 3.8) is 0 Å². The van der Waals surface area contributed by atoms with Gasteiger partial charge in [-0.15, -0.1) is 0 Å². The van der Waals surface area contributed by atoms with Crippen molar-refractivity contribution in [3.05, 3.63) is 60.7 Å². The Morgan fingerprint density at radius 2 is 1.55 bits per heavy atom. The standard InChI is InChI=1S/C27H36O5Si/c1-25(2,3)33(20-12-8-6-9-13-20,21-14-10-7-11-15-21)29-18-22-27(16-19(27)17-28)23-24(30-22)32-26(4,5)31-23/h6-15,19,22-24,28H,16-18H2,1-5H3/t19?,22-,23+,24-,27-/m1/s1. The van der Waals surface area contributed by atoms with E-state index in [9.17, 15) is 5.11 Å². The number of fused-ring (bicyclic) bond motifs is 2. The molecular formula is C27H36O5Si. The molecule has 2 heterocycles. The lowest BCUT2D eigenvalue weighted by Gasteiger charge is -2.44. The molecule has 3 fully saturated rings. The van der Waals surface area contributed by atoms with Crippen molar-refractivity contribution in [2.75, 3.05) is 13.2 Å². The van der Waals surface area contributed by atoms with Crippen LogP contribution in [-0.4, -0.2) is 50.9 Å². The summed E-state index contributed by atoms with van der Waals surface area (Å²) >= 11 is 0. The molecule has 3 aliphatic rings. The van der Waals surface area contributed by atoms with Crippen molar-refractivity contribution in [2.45, 2.75) is 70.4 Å². The summed E-state index contributed by atoms with van der Waals surface area (Å²) in [5.74, 6) is -0.521. The fourth-order valence-corrected chi connectivity index (χ4v) is 10.7. The number of hydrogen-bond donors (Lipinski definition) is 1. The number of benzene rings is 2. The third-order valence-electron chi connectivity index (χ3n) is 7.77. The molecule has 1 N–H and O–H groups in total. The Morgan fingerprint density at radius 1 is 0.970 bits per heavy atom. The molecule has 6 heteroatoms. The fourth-order valence-electron chi connectivity index (χ4n) is 6.17. The predicted octanol–water partition coefficient (Wildman–Crippen LogP) is 3.44. The van der Waals surface area contributed by atoms with Crippen molar-refractivity contribution < 1.29 is 23.7 Å². The van der Waals surface area contributed by atoms with Gasteiger partial charge in [-0.05, 0) is 41.6 Å². The molecule has 0 bridgehead atoms. The molecule has 2 aliphatic heterocycles. The quantitative estimate of drug-likeness (QED) is 0.659. The van der Waals surface area contributed by atoms with E-state index >= 15 is 0 Å². The SMILES string of the molecule is CC1(C)O[C@H]2O[C@H](CO[Si](c3ccccc3)(c3ccccc3)C(C)(C)C)[C@]3(CC3CO)[C@H]2O1. The lowest BCUT2D eigenvalue weighted by atomic mass is 9.92. The minimum Gasteiger partial charge on any atom is -0.405 e. The van der Waals surface area contributed by atoms with Gasteiger partial charge in [0.1, 0.15) is 6.10 Å². The number of aliphatic hydroxyl groups is 1. The molecule has 178 valence electrons. The molecule has 5 rings (SSSR count). The van der Waals surface area contributed by atoms with Crippen molar-refractivity contribution in [1.29, 1.82) is 0 Å². The van der Waals surface area contributed by atoms with E-state index in [1.54, 1.807) is 0 Å². The molecule has 1 aliphatic carbocycles. The van der Waals surface area contributed by atoms with Crippen LogP contribution in [0.4, 0.5) is 0 Å². The lowest BCUT2D eigenvalue weighted by molar-refractivity contribution is -0.216. The van der Waals surface area contributed by atoms with Crippen molar-refractivity contribution in [3.8, 4) is 0 Å². The molecule has 5 atom stereocenters. The van der Waals surface area contributed by atoms with Crippen LogP contribution in [0.5, 0.6) is 0 Å². The highest BCUT2D eigenvalue weighted by atomic mass is 28.4. The molecule has 0 radical (unpaired) electrons. The summed E-state index contributed by atoms with van der Waals surface area (Å²) in [6, 6.07) is 21.3. The summed E-state index contributed by atoms with van der Waals surface area (Å²) in [5.41, 5.74) is -0.251. The molecule has 33 heavy (non-hydrogen) atoms. The van der Waals surface area contributed by atoms with Crippen LogP contribution in [0.25, 0.3) is 0 Å². The van der Waals surface area contributed by atoms with Gasteiger partial charge in [0.2, 0.25) is 0 Å². The summed E-state index contributed by atoms with van der Waals surface area (Å²) < 4.78 is 26.0. The summed E-state index contributed by atoms with van der Waals surface area (Å²) in [6.45, 7) is 11.3. The normalized spacial score (nSPS) is 32.8. The lowest BCUT2D eigenvalue weighted by Crippen LogP contribution is -2.67. The maximum atomic E-state index is 10.0. The zero-order valence-electron chi connectivity index (χ0n) is 20.3. The van der Waals surface area contributed by atoms with Crippen molar-refractivity contribution in [1.82, 2.24) is 0 Å². The van der Waals surface area contributed by atoms with E-state index in [0.29, 0.717) is 6.61 Å². The van der Waals surface area contributed by atoms with Gasteiger partial charge in [0, 0.05) is 12.0 Å². The Bertz CT molecular complexity index is 934. The van der Waals surface area contributed by atoms with Gasteiger partial charge < -0.3 is 23.7 Å². The highest BCUT2D eigenvalue weighted by Crippen LogP contribution is 2.66. The van der Waals surface area contributed by atoms with Gasteiger partial charge in [-0.1, -0.05) is 81.4 Å². The first-order chi connectivity index (χ1) is 15.6. The third kappa shape index (κ3) is 3.63. The molecule has 0 amide bonds. The van der Waals surface area contributed by atoms with Gasteiger partial charge in [0.15, 0.2) is 12.1 Å². The first-order valence-corrected chi connectivity index (χ1v) is 13.9. The van der Waals surface area contributed by atoms with Crippen molar-refractivity contribution in [2.24, 2.45) is 11.3 Å². The van der Waals surface area contributed by atoms with Crippen LogP contribution in [0.2, 0.25) is 5.04 Å². The van der Waals surface area contributed by atoms with Gasteiger partial charge in [0.05, 0.1) is 12.7 Å². The molecule has 1 unspecified atom stereocenters. The van der Waals surface area contributed by atoms with E-state index in [1.807, 2.05) is 13.8 Å². The predicted molar refractivity (Wildman–Crippen MR) is 130 cm³/mol. The van der Waals surface area contributed by atoms with Gasteiger partial charge >= 0.3 is 0 Å². The number of hydrogen-bond acceptors (Lipinski definition) is 5. The Kier molecular flexibility index (Phi) is 5.63. The van der Waals surface area contributed by atoms with Crippen molar-refractivity contribution >= 4 is 18.7 Å². The maximum absolute atomic E-state index is 10.0. The molecule has 2 aromatic carbocycles. The zero-order valence-corrected chi connectivity index (χ0v) is 21.3. The van der Waals surface area contributed by atoms with E-state index in [4.69, 9.17) is 18.6 Å². The Balaban J connectivity index is 1.50. The van der Waals surface area contributed by atoms with Crippen LogP contribution in [0.1, 0.15) is 41.0 Å². The van der Waals surface area contributed by atoms with Crippen LogP contribution >= 0.6 is 0 Å². The number of aliphatic hydroxyl groups excluding tert-OH is 1. The summed E-state index contributed by atoms with van der Waals surface area (Å²) in [6.07, 6.45) is 0.114. The second kappa shape index (κ2) is 8.01. The average molecular weight is 469 g/mol. The fraction of sp³-hybridized carbons (Fsp3) is 0.556. The first kappa shape index (κ1) is 23.2. The van der Waals surface area contributed by atoms with E-state index < -0.39 is 20.4 Å². The summed E-state index contributed by atoms with van der Waals surface area (Å²) in [7, 11) is -2.67. The largest absolute Gasteiger partial charge is 0.405 e. The number of ether oxygens (including phenoxy) is 3. The van der Waals surface area contributed by atoms with E-state index in [1.165, 1.54) is 10.4 Å². The first-order valence-electron chi connectivity index (χ1n) is 12.0. The van der Waals surface area contributed by atoms with Gasteiger partial charge in [-0.2, -0.15) is 0 Å². The number of rotatable bonds is 6. The Hall–Kier alpha value is -1.54. The van der Waals surface area contributed by atoms with E-state index in [2.05, 4.69) is 81.4 Å². The van der Waals surface area contributed by atoms with Crippen LogP contribution in [0, 0.1) is 11.3 Å². The average Bonchev–Trinajstić information content (AvgIpc) is 3.36. The molecular weight excluding hydrogens is 432 g/mol. The van der Waals surface area contributed by atoms with Gasteiger partial charge in [0.25, 0.3) is 8.32 Å². The highest BCUT2D eigenvalue weighted by Gasteiger charge is 2.74. The Morgan fingerprint density at radius 3 is 2.03 bits per heavy atom. The Labute approximate surface area is 198 Å². The van der Waals surface area contributed by atoms with Crippen LogP contribution < -0.4 is 10.4 Å². The zero-order chi connectivity index (χ0) is 23.5. The third-order valence-corrected chi connectivity index (χ3v) is 12.8. The maximum Gasteiger partial charge on any atom is 0.261 e. The van der Waals surface area contributed by atoms with E-state index in [0.717, 1.165) is 6.42 Å². The molecule has 5 nitrogen and oxygen atoms in total. The minimum atomic E-state index is -2.67. The smallest absolute Gasteiger partial charge is 0.261 e. The molecule has 2 aromatic rings. The van der Waals surface area contributed by atoms with Crippen LogP contribution in [-0.2, 0) is 18.6 Å². The summed E-state index contributed by atoms with van der Waals surface area (Å²) in [5, 5.41) is 12.4. The topological polar surface area (TPSA) is 57.2 Å². The minimum absolute atomic E-state index is 0.105. The van der Waals surface area contributed by atoms with Gasteiger partial charge in [-0.25, -0.2) is 0 Å². The monoisotopic (exact) mass is 468 g/mol. The van der Waals surface area contributed by atoms with Crippen LogP contribution in [0.3, 0.4) is 0 Å². The summed E-state index contributed by atoms with van der Waals surface area (Å²) in [4.78, 5) is 0. The molecule has 1 spiro atoms.